The van der Waals surface area contributed by atoms with Gasteiger partial charge in [0.2, 0.25) is 11.8 Å². The zero-order chi connectivity index (χ0) is 22.1. The van der Waals surface area contributed by atoms with E-state index in [-0.39, 0.29) is 23.8 Å². The van der Waals surface area contributed by atoms with E-state index in [1.54, 1.807) is 29.2 Å². The van der Waals surface area contributed by atoms with Crippen LogP contribution in [0.25, 0.3) is 0 Å². The summed E-state index contributed by atoms with van der Waals surface area (Å²) in [4.78, 5) is 41.9. The molecular formula is C26H35N3O3. The molecule has 6 rings (SSSR count). The van der Waals surface area contributed by atoms with Gasteiger partial charge in [0, 0.05) is 38.2 Å². The number of benzene rings is 1. The fourth-order valence-electron chi connectivity index (χ4n) is 7.31. The number of amides is 3. The number of nitrogens with zero attached hydrogens (tertiary/aromatic N) is 2. The van der Waals surface area contributed by atoms with Crippen molar-refractivity contribution in [3.05, 3.63) is 35.9 Å². The van der Waals surface area contributed by atoms with E-state index in [1.165, 1.54) is 38.5 Å². The Balaban J connectivity index is 1.11. The average Bonchev–Trinajstić information content (AvgIpc) is 3.03. The molecule has 0 atom stereocenters. The highest BCUT2D eigenvalue weighted by Crippen LogP contribution is 2.61. The monoisotopic (exact) mass is 437 g/mol. The molecule has 1 heterocycles. The van der Waals surface area contributed by atoms with E-state index in [0.717, 1.165) is 30.7 Å². The molecule has 4 saturated carbocycles. The zero-order valence-electron chi connectivity index (χ0n) is 18.9. The first kappa shape index (κ1) is 21.5. The van der Waals surface area contributed by atoms with E-state index >= 15 is 0 Å². The van der Waals surface area contributed by atoms with Crippen LogP contribution in [0.15, 0.2) is 30.3 Å². The molecule has 1 aromatic rings. The molecule has 1 N–H and O–H groups in total. The van der Waals surface area contributed by atoms with E-state index < -0.39 is 0 Å². The summed E-state index contributed by atoms with van der Waals surface area (Å²) in [7, 11) is 0. The summed E-state index contributed by atoms with van der Waals surface area (Å²) in [6, 6.07) is 8.94. The molecule has 4 bridgehead atoms. The second-order valence-corrected chi connectivity index (χ2v) is 10.8. The van der Waals surface area contributed by atoms with Crippen molar-refractivity contribution >= 4 is 17.7 Å². The van der Waals surface area contributed by atoms with Gasteiger partial charge >= 0.3 is 0 Å². The van der Waals surface area contributed by atoms with Crippen molar-refractivity contribution in [3.63, 3.8) is 0 Å². The van der Waals surface area contributed by atoms with E-state index in [0.29, 0.717) is 37.5 Å². The molecule has 0 radical (unpaired) electrons. The molecule has 1 saturated heterocycles. The van der Waals surface area contributed by atoms with Crippen LogP contribution in [-0.2, 0) is 9.59 Å². The molecule has 4 aliphatic carbocycles. The van der Waals surface area contributed by atoms with Gasteiger partial charge < -0.3 is 15.1 Å². The van der Waals surface area contributed by atoms with Gasteiger partial charge in [0.25, 0.3) is 5.91 Å². The topological polar surface area (TPSA) is 69.7 Å². The average molecular weight is 438 g/mol. The summed E-state index contributed by atoms with van der Waals surface area (Å²) in [5, 5.41) is 2.73. The molecule has 0 unspecified atom stereocenters. The molecule has 5 aliphatic rings. The lowest BCUT2D eigenvalue weighted by molar-refractivity contribution is -0.140. The Morgan fingerprint density at radius 1 is 0.812 bits per heavy atom. The highest BCUT2D eigenvalue weighted by Gasteiger charge is 2.51. The molecule has 172 valence electrons. The maximum absolute atomic E-state index is 13.2. The van der Waals surface area contributed by atoms with Crippen LogP contribution in [0.1, 0.15) is 61.7 Å². The van der Waals surface area contributed by atoms with E-state index in [4.69, 9.17) is 0 Å². The van der Waals surface area contributed by atoms with Gasteiger partial charge in [0.1, 0.15) is 0 Å². The number of carbonyl (C=O) groups is 3. The van der Waals surface area contributed by atoms with E-state index in [9.17, 15) is 14.4 Å². The van der Waals surface area contributed by atoms with Crippen LogP contribution in [0.2, 0.25) is 0 Å². The fourth-order valence-corrected chi connectivity index (χ4v) is 7.31. The maximum atomic E-state index is 13.2. The van der Waals surface area contributed by atoms with Crippen LogP contribution < -0.4 is 5.32 Å². The van der Waals surface area contributed by atoms with Gasteiger partial charge in [-0.3, -0.25) is 14.4 Å². The predicted octanol–water partition coefficient (Wildman–Crippen LogP) is 3.08. The Bertz CT molecular complexity index is 833. The Morgan fingerprint density at radius 2 is 1.38 bits per heavy atom. The summed E-state index contributed by atoms with van der Waals surface area (Å²) in [5.41, 5.74) is 0.813. The van der Waals surface area contributed by atoms with Crippen LogP contribution in [-0.4, -0.2) is 60.2 Å². The first-order valence-corrected chi connectivity index (χ1v) is 12.4. The van der Waals surface area contributed by atoms with Gasteiger partial charge in [0.05, 0.1) is 6.54 Å². The third-order valence-electron chi connectivity index (χ3n) is 8.33. The fraction of sp³-hybridized carbons (Fsp3) is 0.654. The van der Waals surface area contributed by atoms with Crippen molar-refractivity contribution in [2.45, 2.75) is 51.4 Å². The van der Waals surface area contributed by atoms with Gasteiger partial charge in [-0.1, -0.05) is 18.2 Å². The predicted molar refractivity (Wildman–Crippen MR) is 122 cm³/mol. The molecule has 0 spiro atoms. The minimum atomic E-state index is -0.235. The third kappa shape index (κ3) is 4.55. The lowest BCUT2D eigenvalue weighted by Gasteiger charge is -2.57. The van der Waals surface area contributed by atoms with Crippen molar-refractivity contribution in [2.24, 2.45) is 23.2 Å². The lowest BCUT2D eigenvalue weighted by Crippen LogP contribution is -2.49. The van der Waals surface area contributed by atoms with E-state index in [2.05, 4.69) is 5.32 Å². The summed E-state index contributed by atoms with van der Waals surface area (Å²) >= 11 is 0. The van der Waals surface area contributed by atoms with Crippen molar-refractivity contribution in [2.75, 3.05) is 32.7 Å². The highest BCUT2D eigenvalue weighted by atomic mass is 16.2. The molecule has 32 heavy (non-hydrogen) atoms. The Morgan fingerprint density at radius 3 is 1.97 bits per heavy atom. The normalized spacial score (nSPS) is 31.3. The zero-order valence-corrected chi connectivity index (χ0v) is 18.9. The van der Waals surface area contributed by atoms with E-state index in [1.807, 2.05) is 11.0 Å². The Labute approximate surface area is 190 Å². The maximum Gasteiger partial charge on any atom is 0.251 e. The Kier molecular flexibility index (Phi) is 5.95. The van der Waals surface area contributed by atoms with Gasteiger partial charge in [-0.05, 0) is 80.2 Å². The standard InChI is InChI=1S/C26H35N3O3/c30-23(17-26-14-19-11-20(15-26)13-21(12-19)16-26)28-7-4-8-29(10-9-28)24(31)18-27-25(32)22-5-2-1-3-6-22/h1-3,5-6,19-21H,4,7-18H2,(H,27,32). The van der Waals surface area contributed by atoms with Crippen molar-refractivity contribution in [1.29, 1.82) is 0 Å². The summed E-state index contributed by atoms with van der Waals surface area (Å²) in [6.07, 6.45) is 9.46. The second kappa shape index (κ2) is 8.87. The minimum Gasteiger partial charge on any atom is -0.343 e. The van der Waals surface area contributed by atoms with Gasteiger partial charge in [0.15, 0.2) is 0 Å². The van der Waals surface area contributed by atoms with Gasteiger partial charge in [-0.15, -0.1) is 0 Å². The highest BCUT2D eigenvalue weighted by molar-refractivity contribution is 5.96. The summed E-state index contributed by atoms with van der Waals surface area (Å²) in [5.74, 6) is 2.55. The third-order valence-corrected chi connectivity index (χ3v) is 8.33. The summed E-state index contributed by atoms with van der Waals surface area (Å²) in [6.45, 7) is 2.51. The second-order valence-electron chi connectivity index (χ2n) is 10.8. The quantitative estimate of drug-likeness (QED) is 0.770. The number of hydrogen-bond acceptors (Lipinski definition) is 3. The number of carbonyl (C=O) groups excluding carboxylic acids is 3. The largest absolute Gasteiger partial charge is 0.343 e. The molecule has 0 aromatic heterocycles. The van der Waals surface area contributed by atoms with Crippen LogP contribution in [0.4, 0.5) is 0 Å². The first-order valence-electron chi connectivity index (χ1n) is 12.4. The van der Waals surface area contributed by atoms with Crippen molar-refractivity contribution in [3.8, 4) is 0 Å². The first-order chi connectivity index (χ1) is 15.5. The molecule has 1 aliphatic heterocycles. The SMILES string of the molecule is O=C(NCC(=O)N1CCCN(C(=O)CC23CC4CC(CC(C4)C2)C3)CC1)c1ccccc1. The Hall–Kier alpha value is -2.37. The molecule has 5 fully saturated rings. The molecule has 6 nitrogen and oxygen atoms in total. The summed E-state index contributed by atoms with van der Waals surface area (Å²) < 4.78 is 0. The van der Waals surface area contributed by atoms with Crippen LogP contribution in [0.5, 0.6) is 0 Å². The minimum absolute atomic E-state index is 0.00501. The van der Waals surface area contributed by atoms with Crippen molar-refractivity contribution in [1.82, 2.24) is 15.1 Å². The van der Waals surface area contributed by atoms with Crippen LogP contribution in [0, 0.1) is 23.2 Å². The number of nitrogens with one attached hydrogen (secondary N) is 1. The van der Waals surface area contributed by atoms with Gasteiger partial charge in [-0.2, -0.15) is 0 Å². The molecular weight excluding hydrogens is 402 g/mol. The molecule has 1 aromatic carbocycles. The number of hydrogen-bond donors (Lipinski definition) is 1. The van der Waals surface area contributed by atoms with Crippen LogP contribution in [0.3, 0.4) is 0 Å². The van der Waals surface area contributed by atoms with Crippen molar-refractivity contribution < 1.29 is 14.4 Å². The van der Waals surface area contributed by atoms with Gasteiger partial charge in [-0.25, -0.2) is 0 Å². The van der Waals surface area contributed by atoms with Crippen LogP contribution >= 0.6 is 0 Å². The molecule has 6 heteroatoms. The smallest absolute Gasteiger partial charge is 0.251 e. The lowest BCUT2D eigenvalue weighted by atomic mass is 9.49. The number of rotatable bonds is 5. The molecule has 3 amide bonds.